The number of carbonyl (C=O) groups excluding carboxylic acids is 1. The van der Waals surface area contributed by atoms with Gasteiger partial charge in [-0.25, -0.2) is 4.79 Å². The van der Waals surface area contributed by atoms with E-state index in [0.29, 0.717) is 5.75 Å². The van der Waals surface area contributed by atoms with Gasteiger partial charge in [0.2, 0.25) is 0 Å². The zero-order valence-corrected chi connectivity index (χ0v) is 11.8. The van der Waals surface area contributed by atoms with Gasteiger partial charge in [0.05, 0.1) is 0 Å². The third kappa shape index (κ3) is 3.01. The van der Waals surface area contributed by atoms with E-state index in [1.165, 1.54) is 0 Å². The van der Waals surface area contributed by atoms with Gasteiger partial charge in [-0.2, -0.15) is 0 Å². The molecule has 21 heavy (non-hydrogen) atoms. The van der Waals surface area contributed by atoms with Gasteiger partial charge in [0.15, 0.2) is 0 Å². The zero-order chi connectivity index (χ0) is 14.8. The predicted molar refractivity (Wildman–Crippen MR) is 76.1 cm³/mol. The van der Waals surface area contributed by atoms with Crippen LogP contribution in [0.15, 0.2) is 30.3 Å². The number of aliphatic carboxylic acids is 1. The number of piperidine rings is 1. The highest BCUT2D eigenvalue weighted by molar-refractivity contribution is 5.72. The third-order valence-electron chi connectivity index (χ3n) is 4.45. The van der Waals surface area contributed by atoms with Crippen LogP contribution in [0.25, 0.3) is 0 Å². The number of ether oxygens (including phenoxy) is 1. The molecule has 2 unspecified atom stereocenters. The van der Waals surface area contributed by atoms with Crippen LogP contribution in [0.2, 0.25) is 0 Å². The number of amides is 1. The molecule has 2 atom stereocenters. The molecule has 2 bridgehead atoms. The highest BCUT2D eigenvalue weighted by Crippen LogP contribution is 2.40. The Balaban J connectivity index is 1.65. The Hall–Kier alpha value is -2.04. The van der Waals surface area contributed by atoms with Gasteiger partial charge in [-0.05, 0) is 43.7 Å². The fourth-order valence-corrected chi connectivity index (χ4v) is 3.64. The molecule has 0 radical (unpaired) electrons. The number of carboxylic acids is 1. The molecule has 0 saturated carbocycles. The van der Waals surface area contributed by atoms with E-state index in [2.05, 4.69) is 0 Å². The minimum absolute atomic E-state index is 0.129. The van der Waals surface area contributed by atoms with E-state index in [1.807, 2.05) is 23.1 Å². The summed E-state index contributed by atoms with van der Waals surface area (Å²) in [6.45, 7) is 0. The number of nitrogens with zero attached hydrogens (tertiary/aromatic N) is 1. The largest absolute Gasteiger partial charge is 0.481 e. The van der Waals surface area contributed by atoms with Gasteiger partial charge in [0.1, 0.15) is 5.75 Å². The lowest BCUT2D eigenvalue weighted by atomic mass is 9.88. The van der Waals surface area contributed by atoms with Crippen LogP contribution in [0.4, 0.5) is 4.79 Å². The molecule has 5 nitrogen and oxygen atoms in total. The number of fused-ring (bicyclic) bond motifs is 2. The van der Waals surface area contributed by atoms with Crippen LogP contribution in [0.1, 0.15) is 32.1 Å². The van der Waals surface area contributed by atoms with Crippen molar-refractivity contribution in [1.29, 1.82) is 0 Å². The van der Waals surface area contributed by atoms with Crippen molar-refractivity contribution in [2.24, 2.45) is 5.92 Å². The summed E-state index contributed by atoms with van der Waals surface area (Å²) in [7, 11) is 0. The Bertz CT molecular complexity index is 516. The molecular weight excluding hydrogens is 270 g/mol. The normalized spacial score (nSPS) is 27.4. The summed E-state index contributed by atoms with van der Waals surface area (Å²) in [6.07, 6.45) is 3.34. The molecule has 2 heterocycles. The summed E-state index contributed by atoms with van der Waals surface area (Å²) >= 11 is 0. The number of carbonyl (C=O) groups is 2. The van der Waals surface area contributed by atoms with Gasteiger partial charge in [0, 0.05) is 18.5 Å². The summed E-state index contributed by atoms with van der Waals surface area (Å²) < 4.78 is 5.42. The monoisotopic (exact) mass is 289 g/mol. The second kappa shape index (κ2) is 5.76. The maximum absolute atomic E-state index is 12.3. The van der Waals surface area contributed by atoms with Crippen molar-refractivity contribution in [3.8, 4) is 5.75 Å². The lowest BCUT2D eigenvalue weighted by Crippen LogP contribution is -2.48. The third-order valence-corrected chi connectivity index (χ3v) is 4.45. The van der Waals surface area contributed by atoms with E-state index in [0.717, 1.165) is 25.7 Å². The molecule has 0 spiro atoms. The number of carboxylic acid groups (broad SMARTS) is 1. The zero-order valence-electron chi connectivity index (χ0n) is 11.8. The van der Waals surface area contributed by atoms with Gasteiger partial charge >= 0.3 is 12.1 Å². The fourth-order valence-electron chi connectivity index (χ4n) is 3.64. The van der Waals surface area contributed by atoms with Gasteiger partial charge in [-0.1, -0.05) is 18.2 Å². The maximum atomic E-state index is 12.3. The molecule has 1 aromatic rings. The molecule has 112 valence electrons. The summed E-state index contributed by atoms with van der Waals surface area (Å²) in [5.41, 5.74) is 0. The van der Waals surface area contributed by atoms with Crippen molar-refractivity contribution >= 4 is 12.1 Å². The SMILES string of the molecule is O=C(O)CC1CC2CCC(C1)N2C(=O)Oc1ccccc1. The second-order valence-corrected chi connectivity index (χ2v) is 5.91. The Morgan fingerprint density at radius 1 is 1.14 bits per heavy atom. The molecule has 2 aliphatic rings. The first-order valence-corrected chi connectivity index (χ1v) is 7.40. The number of rotatable bonds is 3. The minimum atomic E-state index is -0.750. The minimum Gasteiger partial charge on any atom is -0.481 e. The predicted octanol–water partition coefficient (Wildman–Crippen LogP) is 2.90. The van der Waals surface area contributed by atoms with Crippen molar-refractivity contribution in [1.82, 2.24) is 4.90 Å². The summed E-state index contributed by atoms with van der Waals surface area (Å²) in [5, 5.41) is 8.92. The summed E-state index contributed by atoms with van der Waals surface area (Å²) in [5.74, 6) is -0.0185. The number of para-hydroxylation sites is 1. The Kier molecular flexibility index (Phi) is 3.82. The van der Waals surface area contributed by atoms with Crippen LogP contribution < -0.4 is 4.74 Å². The van der Waals surface area contributed by atoms with Crippen molar-refractivity contribution < 1.29 is 19.4 Å². The van der Waals surface area contributed by atoms with E-state index in [-0.39, 0.29) is 30.5 Å². The van der Waals surface area contributed by atoms with Crippen molar-refractivity contribution in [3.63, 3.8) is 0 Å². The molecule has 5 heteroatoms. The van der Waals surface area contributed by atoms with Gasteiger partial charge in [0.25, 0.3) is 0 Å². The average molecular weight is 289 g/mol. The molecule has 2 saturated heterocycles. The van der Waals surface area contributed by atoms with Gasteiger partial charge in [-0.15, -0.1) is 0 Å². The second-order valence-electron chi connectivity index (χ2n) is 5.91. The number of hydrogen-bond acceptors (Lipinski definition) is 3. The molecule has 3 rings (SSSR count). The Morgan fingerprint density at radius 3 is 2.33 bits per heavy atom. The van der Waals surface area contributed by atoms with Crippen LogP contribution in [0.5, 0.6) is 5.75 Å². The average Bonchev–Trinajstić information content (AvgIpc) is 2.71. The lowest BCUT2D eigenvalue weighted by Gasteiger charge is -2.37. The molecule has 1 N–H and O–H groups in total. The fraction of sp³-hybridized carbons (Fsp3) is 0.500. The van der Waals surface area contributed by atoms with E-state index < -0.39 is 5.97 Å². The lowest BCUT2D eigenvalue weighted by molar-refractivity contribution is -0.138. The highest BCUT2D eigenvalue weighted by atomic mass is 16.6. The standard InChI is InChI=1S/C16H19NO4/c18-15(19)10-11-8-12-6-7-13(9-11)17(12)16(20)21-14-4-2-1-3-5-14/h1-5,11-13H,6-10H2,(H,18,19). The van der Waals surface area contributed by atoms with E-state index in [1.54, 1.807) is 12.1 Å². The summed E-state index contributed by atoms with van der Waals surface area (Å²) in [4.78, 5) is 25.0. The van der Waals surface area contributed by atoms with Crippen LogP contribution in [-0.2, 0) is 4.79 Å². The number of hydrogen-bond donors (Lipinski definition) is 1. The van der Waals surface area contributed by atoms with Crippen LogP contribution in [0, 0.1) is 5.92 Å². The van der Waals surface area contributed by atoms with E-state index >= 15 is 0 Å². The Labute approximate surface area is 123 Å². The Morgan fingerprint density at radius 2 is 1.76 bits per heavy atom. The molecule has 1 amide bonds. The van der Waals surface area contributed by atoms with Crippen LogP contribution >= 0.6 is 0 Å². The molecule has 0 aliphatic carbocycles. The molecule has 1 aromatic carbocycles. The van der Waals surface area contributed by atoms with Gasteiger partial charge < -0.3 is 14.7 Å². The molecule has 2 aliphatic heterocycles. The quantitative estimate of drug-likeness (QED) is 0.929. The van der Waals surface area contributed by atoms with Crippen molar-refractivity contribution in [2.45, 2.75) is 44.2 Å². The van der Waals surface area contributed by atoms with Crippen molar-refractivity contribution in [2.75, 3.05) is 0 Å². The number of benzene rings is 1. The van der Waals surface area contributed by atoms with E-state index in [4.69, 9.17) is 9.84 Å². The first kappa shape index (κ1) is 13.9. The van der Waals surface area contributed by atoms with Crippen LogP contribution in [-0.4, -0.2) is 34.2 Å². The first-order valence-electron chi connectivity index (χ1n) is 7.40. The smallest absolute Gasteiger partial charge is 0.415 e. The van der Waals surface area contributed by atoms with Crippen molar-refractivity contribution in [3.05, 3.63) is 30.3 Å². The van der Waals surface area contributed by atoms with Crippen LogP contribution in [0.3, 0.4) is 0 Å². The first-order chi connectivity index (χ1) is 10.1. The topological polar surface area (TPSA) is 66.8 Å². The van der Waals surface area contributed by atoms with Gasteiger partial charge in [-0.3, -0.25) is 4.79 Å². The molecule has 0 aromatic heterocycles. The molecular formula is C16H19NO4. The summed E-state index contributed by atoms with van der Waals surface area (Å²) in [6, 6.07) is 9.31. The highest BCUT2D eigenvalue weighted by Gasteiger charge is 2.44. The van der Waals surface area contributed by atoms with E-state index in [9.17, 15) is 9.59 Å². The molecule has 2 fully saturated rings. The maximum Gasteiger partial charge on any atom is 0.415 e.